The number of nitrogens with one attached hydrogen (secondary N) is 2. The third-order valence-corrected chi connectivity index (χ3v) is 5.13. The molecule has 3 heterocycles. The standard InChI is InChI=1S/C15H21N5.ClH/c1-20(12-6-10-2-4-16-8-11(10)7-12)15-13-3-5-17-14(13)18-9-19-15;/h3,5,9-12,16H,2,4,6-8H2,1H3,(H,17,18,19);1H/t10-,11+,12?;/m1./s1. The van der Waals surface area contributed by atoms with E-state index in [1.165, 1.54) is 32.4 Å². The number of piperidine rings is 1. The lowest BCUT2D eigenvalue weighted by atomic mass is 9.90. The van der Waals surface area contributed by atoms with Gasteiger partial charge in [-0.2, -0.15) is 0 Å². The summed E-state index contributed by atoms with van der Waals surface area (Å²) < 4.78 is 0. The molecular formula is C15H22ClN5. The van der Waals surface area contributed by atoms with Crippen molar-refractivity contribution in [3.8, 4) is 0 Å². The first-order valence-corrected chi connectivity index (χ1v) is 7.54. The van der Waals surface area contributed by atoms with Crippen molar-refractivity contribution < 1.29 is 0 Å². The molecule has 6 heteroatoms. The number of fused-ring (bicyclic) bond motifs is 2. The number of H-pyrrole nitrogens is 1. The van der Waals surface area contributed by atoms with Crippen LogP contribution in [0.3, 0.4) is 0 Å². The summed E-state index contributed by atoms with van der Waals surface area (Å²) in [6, 6.07) is 2.68. The first-order valence-electron chi connectivity index (χ1n) is 7.54. The number of aromatic nitrogens is 3. The number of hydrogen-bond donors (Lipinski definition) is 2. The first-order chi connectivity index (χ1) is 9.83. The van der Waals surface area contributed by atoms with Gasteiger partial charge in [0, 0.05) is 19.3 Å². The Kier molecular flexibility index (Phi) is 4.04. The molecule has 1 saturated carbocycles. The Labute approximate surface area is 130 Å². The maximum atomic E-state index is 4.52. The van der Waals surface area contributed by atoms with E-state index in [1.54, 1.807) is 6.33 Å². The maximum absolute atomic E-state index is 4.52. The topological polar surface area (TPSA) is 56.8 Å². The Balaban J connectivity index is 0.00000132. The smallest absolute Gasteiger partial charge is 0.142 e. The highest BCUT2D eigenvalue weighted by Crippen LogP contribution is 2.39. The van der Waals surface area contributed by atoms with Gasteiger partial charge in [-0.3, -0.25) is 0 Å². The van der Waals surface area contributed by atoms with Gasteiger partial charge in [0.25, 0.3) is 0 Å². The minimum absolute atomic E-state index is 0. The van der Waals surface area contributed by atoms with Crippen molar-refractivity contribution in [1.82, 2.24) is 20.3 Å². The molecule has 1 aliphatic carbocycles. The maximum Gasteiger partial charge on any atom is 0.142 e. The van der Waals surface area contributed by atoms with E-state index < -0.39 is 0 Å². The molecule has 2 N–H and O–H groups in total. The van der Waals surface area contributed by atoms with Gasteiger partial charge in [0.05, 0.1) is 5.39 Å². The van der Waals surface area contributed by atoms with Crippen LogP contribution in [0.2, 0.25) is 0 Å². The summed E-state index contributed by atoms with van der Waals surface area (Å²) in [6.45, 7) is 2.38. The monoisotopic (exact) mass is 307 g/mol. The molecule has 114 valence electrons. The first kappa shape index (κ1) is 14.6. The third kappa shape index (κ3) is 2.49. The number of hydrogen-bond acceptors (Lipinski definition) is 4. The number of aromatic amines is 1. The van der Waals surface area contributed by atoms with Crippen molar-refractivity contribution >= 4 is 29.3 Å². The molecular weight excluding hydrogens is 286 g/mol. The largest absolute Gasteiger partial charge is 0.356 e. The van der Waals surface area contributed by atoms with Gasteiger partial charge in [-0.1, -0.05) is 0 Å². The Hall–Kier alpha value is -1.33. The van der Waals surface area contributed by atoms with Crippen molar-refractivity contribution in [2.75, 3.05) is 25.0 Å². The number of anilines is 1. The molecule has 2 aromatic rings. The highest BCUT2D eigenvalue weighted by Gasteiger charge is 2.37. The zero-order chi connectivity index (χ0) is 13.5. The summed E-state index contributed by atoms with van der Waals surface area (Å²) in [5.41, 5.74) is 0.930. The van der Waals surface area contributed by atoms with Crippen molar-refractivity contribution in [2.45, 2.75) is 25.3 Å². The number of rotatable bonds is 2. The summed E-state index contributed by atoms with van der Waals surface area (Å²) in [6.07, 6.45) is 7.52. The van der Waals surface area contributed by atoms with Crippen LogP contribution in [0.5, 0.6) is 0 Å². The van der Waals surface area contributed by atoms with Crippen LogP contribution in [0.15, 0.2) is 18.6 Å². The predicted octanol–water partition coefficient (Wildman–Crippen LogP) is 2.20. The van der Waals surface area contributed by atoms with Gasteiger partial charge in [0.1, 0.15) is 17.8 Å². The molecule has 1 unspecified atom stereocenters. The second kappa shape index (κ2) is 5.81. The molecule has 4 rings (SSSR count). The zero-order valence-electron chi connectivity index (χ0n) is 12.2. The van der Waals surface area contributed by atoms with E-state index in [0.717, 1.165) is 28.7 Å². The quantitative estimate of drug-likeness (QED) is 0.893. The van der Waals surface area contributed by atoms with E-state index in [-0.39, 0.29) is 12.4 Å². The second-order valence-corrected chi connectivity index (χ2v) is 6.19. The van der Waals surface area contributed by atoms with E-state index in [0.29, 0.717) is 6.04 Å². The summed E-state index contributed by atoms with van der Waals surface area (Å²) in [4.78, 5) is 14.3. The van der Waals surface area contributed by atoms with Crippen molar-refractivity contribution in [3.05, 3.63) is 18.6 Å². The molecule has 5 nitrogen and oxygen atoms in total. The van der Waals surface area contributed by atoms with Crippen LogP contribution in [-0.2, 0) is 0 Å². The minimum Gasteiger partial charge on any atom is -0.356 e. The Morgan fingerprint density at radius 1 is 1.24 bits per heavy atom. The van der Waals surface area contributed by atoms with Crippen LogP contribution in [0.25, 0.3) is 11.0 Å². The minimum atomic E-state index is 0. The van der Waals surface area contributed by atoms with Gasteiger partial charge < -0.3 is 15.2 Å². The molecule has 2 aliphatic rings. The van der Waals surface area contributed by atoms with Crippen LogP contribution in [0.4, 0.5) is 5.82 Å². The van der Waals surface area contributed by atoms with Gasteiger partial charge in [-0.25, -0.2) is 9.97 Å². The fourth-order valence-corrected chi connectivity index (χ4v) is 3.99. The summed E-state index contributed by atoms with van der Waals surface area (Å²) >= 11 is 0. The Morgan fingerprint density at radius 3 is 2.95 bits per heavy atom. The number of nitrogens with zero attached hydrogens (tertiary/aromatic N) is 3. The average Bonchev–Trinajstić information content (AvgIpc) is 3.12. The Bertz CT molecular complexity index is 599. The van der Waals surface area contributed by atoms with E-state index in [1.807, 2.05) is 6.20 Å². The fourth-order valence-electron chi connectivity index (χ4n) is 3.99. The lowest BCUT2D eigenvalue weighted by Gasteiger charge is -2.26. The van der Waals surface area contributed by atoms with Crippen LogP contribution >= 0.6 is 12.4 Å². The average molecular weight is 308 g/mol. The van der Waals surface area contributed by atoms with Crippen LogP contribution in [0, 0.1) is 11.8 Å². The Morgan fingerprint density at radius 2 is 2.10 bits per heavy atom. The second-order valence-electron chi connectivity index (χ2n) is 6.19. The van der Waals surface area contributed by atoms with E-state index in [9.17, 15) is 0 Å². The van der Waals surface area contributed by atoms with Gasteiger partial charge in [0.2, 0.25) is 0 Å². The zero-order valence-corrected chi connectivity index (χ0v) is 13.1. The lowest BCUT2D eigenvalue weighted by Crippen LogP contribution is -2.33. The van der Waals surface area contributed by atoms with Gasteiger partial charge >= 0.3 is 0 Å². The van der Waals surface area contributed by atoms with E-state index >= 15 is 0 Å². The summed E-state index contributed by atoms with van der Waals surface area (Å²) in [5.74, 6) is 2.81. The fraction of sp³-hybridized carbons (Fsp3) is 0.600. The molecule has 0 spiro atoms. The number of halogens is 1. The van der Waals surface area contributed by atoms with E-state index in [2.05, 4.69) is 38.3 Å². The normalized spacial score (nSPS) is 28.1. The molecule has 0 amide bonds. The summed E-state index contributed by atoms with van der Waals surface area (Å²) in [7, 11) is 2.18. The summed E-state index contributed by atoms with van der Waals surface area (Å²) in [5, 5.41) is 4.66. The molecule has 2 aromatic heterocycles. The van der Waals surface area contributed by atoms with Crippen molar-refractivity contribution in [3.63, 3.8) is 0 Å². The van der Waals surface area contributed by atoms with Crippen LogP contribution in [0.1, 0.15) is 19.3 Å². The molecule has 0 radical (unpaired) electrons. The molecule has 2 fully saturated rings. The highest BCUT2D eigenvalue weighted by atomic mass is 35.5. The van der Waals surface area contributed by atoms with Crippen LogP contribution < -0.4 is 10.2 Å². The molecule has 1 saturated heterocycles. The third-order valence-electron chi connectivity index (χ3n) is 5.13. The molecule has 0 aromatic carbocycles. The van der Waals surface area contributed by atoms with Gasteiger partial charge in [-0.15, -0.1) is 12.4 Å². The lowest BCUT2D eigenvalue weighted by molar-refractivity contribution is 0.295. The van der Waals surface area contributed by atoms with Crippen LogP contribution in [-0.4, -0.2) is 41.1 Å². The molecule has 0 bridgehead atoms. The van der Waals surface area contributed by atoms with Crippen molar-refractivity contribution in [2.24, 2.45) is 11.8 Å². The molecule has 21 heavy (non-hydrogen) atoms. The molecule has 3 atom stereocenters. The van der Waals surface area contributed by atoms with Crippen molar-refractivity contribution in [1.29, 1.82) is 0 Å². The van der Waals surface area contributed by atoms with E-state index in [4.69, 9.17) is 0 Å². The highest BCUT2D eigenvalue weighted by molar-refractivity contribution is 5.87. The van der Waals surface area contributed by atoms with Gasteiger partial charge in [-0.05, 0) is 50.3 Å². The van der Waals surface area contributed by atoms with Gasteiger partial charge in [0.15, 0.2) is 0 Å². The SMILES string of the molecule is CN(c1ncnc2[nH]ccc12)C1C[C@H]2CCNC[C@@H]2C1.Cl. The molecule has 1 aliphatic heterocycles. The predicted molar refractivity (Wildman–Crippen MR) is 87.0 cm³/mol.